The van der Waals surface area contributed by atoms with E-state index in [1.807, 2.05) is 26.0 Å². The number of anilines is 1. The molecule has 1 saturated heterocycles. The molecule has 0 radical (unpaired) electrons. The molecular weight excluding hydrogens is 314 g/mol. The highest BCUT2D eigenvalue weighted by molar-refractivity contribution is 7.15. The summed E-state index contributed by atoms with van der Waals surface area (Å²) in [7, 11) is 0. The van der Waals surface area contributed by atoms with Crippen LogP contribution in [0.25, 0.3) is 0 Å². The first kappa shape index (κ1) is 14.6. The summed E-state index contributed by atoms with van der Waals surface area (Å²) in [6.07, 6.45) is 4.98. The van der Waals surface area contributed by atoms with Crippen molar-refractivity contribution in [3.63, 3.8) is 0 Å². The van der Waals surface area contributed by atoms with Gasteiger partial charge in [0, 0.05) is 4.88 Å². The number of hydrogen-bond donors (Lipinski definition) is 1. The van der Waals surface area contributed by atoms with E-state index in [4.69, 9.17) is 0 Å². The molecule has 23 heavy (non-hydrogen) atoms. The third-order valence-electron chi connectivity index (χ3n) is 5.14. The number of nitrogens with zero attached hydrogens (tertiary/aromatic N) is 2. The molecule has 1 aromatic rings. The molecule has 2 fully saturated rings. The molecule has 1 saturated carbocycles. The third-order valence-corrected chi connectivity index (χ3v) is 6.13. The van der Waals surface area contributed by atoms with Crippen molar-refractivity contribution >= 4 is 34.2 Å². The van der Waals surface area contributed by atoms with E-state index in [0.717, 1.165) is 21.9 Å². The van der Waals surface area contributed by atoms with Crippen molar-refractivity contribution in [1.82, 2.24) is 9.88 Å². The molecule has 120 valence electrons. The van der Waals surface area contributed by atoms with Gasteiger partial charge in [0.15, 0.2) is 5.13 Å². The molecule has 1 aliphatic heterocycles. The van der Waals surface area contributed by atoms with Gasteiger partial charge in [-0.05, 0) is 32.1 Å². The minimum Gasteiger partial charge on any atom is -0.300 e. The van der Waals surface area contributed by atoms with Gasteiger partial charge in [0.2, 0.25) is 17.7 Å². The van der Waals surface area contributed by atoms with Crippen molar-refractivity contribution in [3.05, 3.63) is 22.7 Å². The van der Waals surface area contributed by atoms with Crippen LogP contribution in [-0.2, 0) is 14.4 Å². The first-order valence-corrected chi connectivity index (χ1v) is 8.55. The summed E-state index contributed by atoms with van der Waals surface area (Å²) < 4.78 is 0. The van der Waals surface area contributed by atoms with E-state index in [0.29, 0.717) is 5.13 Å². The van der Waals surface area contributed by atoms with Gasteiger partial charge in [-0.15, -0.1) is 11.3 Å². The molecule has 2 heterocycles. The SMILES string of the molecule is Cc1nc(NC(=O)CN2C(=O)[C@@H]3[C@H](C2=O)[C@H]2C=C[C@H]3C2)sc1C. The second-order valence-electron chi connectivity index (χ2n) is 6.47. The van der Waals surface area contributed by atoms with E-state index in [2.05, 4.69) is 10.3 Å². The van der Waals surface area contributed by atoms with E-state index in [1.165, 1.54) is 11.3 Å². The Morgan fingerprint density at radius 1 is 1.26 bits per heavy atom. The molecule has 4 atom stereocenters. The summed E-state index contributed by atoms with van der Waals surface area (Å²) in [5.74, 6) is -0.945. The first-order valence-electron chi connectivity index (χ1n) is 7.73. The normalized spacial score (nSPS) is 31.1. The minimum atomic E-state index is -0.374. The number of rotatable bonds is 3. The van der Waals surface area contributed by atoms with E-state index in [9.17, 15) is 14.4 Å². The Bertz CT molecular complexity index is 704. The van der Waals surface area contributed by atoms with Gasteiger partial charge >= 0.3 is 0 Å². The maximum absolute atomic E-state index is 12.5. The Labute approximate surface area is 137 Å². The average molecular weight is 331 g/mol. The Hall–Kier alpha value is -2.02. The largest absolute Gasteiger partial charge is 0.300 e. The Kier molecular flexibility index (Phi) is 3.16. The van der Waals surface area contributed by atoms with Crippen molar-refractivity contribution < 1.29 is 14.4 Å². The molecule has 1 N–H and O–H groups in total. The Balaban J connectivity index is 1.46. The standard InChI is InChI=1S/C16H17N3O3S/c1-7-8(2)23-16(17-7)18-11(20)6-19-14(21)12-9-3-4-10(5-9)13(12)15(19)22/h3-4,9-10,12-13H,5-6H2,1-2H3,(H,17,18,20)/t9-,10-,12-,13+/m0/s1. The summed E-state index contributed by atoms with van der Waals surface area (Å²) >= 11 is 1.39. The van der Waals surface area contributed by atoms with E-state index < -0.39 is 0 Å². The number of imide groups is 1. The molecule has 0 aromatic carbocycles. The van der Waals surface area contributed by atoms with Crippen molar-refractivity contribution in [2.24, 2.45) is 23.7 Å². The molecule has 0 spiro atoms. The highest BCUT2D eigenvalue weighted by atomic mass is 32.1. The maximum Gasteiger partial charge on any atom is 0.246 e. The zero-order chi connectivity index (χ0) is 16.3. The predicted molar refractivity (Wildman–Crippen MR) is 84.7 cm³/mol. The van der Waals surface area contributed by atoms with Crippen LogP contribution in [-0.4, -0.2) is 34.2 Å². The van der Waals surface area contributed by atoms with Crippen LogP contribution in [0, 0.1) is 37.5 Å². The number of carbonyl (C=O) groups is 3. The highest BCUT2D eigenvalue weighted by Crippen LogP contribution is 2.52. The van der Waals surface area contributed by atoms with Crippen molar-refractivity contribution in [3.8, 4) is 0 Å². The number of nitrogens with one attached hydrogen (secondary N) is 1. The van der Waals surface area contributed by atoms with Crippen LogP contribution in [0.4, 0.5) is 5.13 Å². The number of aryl methyl sites for hydroxylation is 2. The highest BCUT2D eigenvalue weighted by Gasteiger charge is 2.59. The zero-order valence-electron chi connectivity index (χ0n) is 12.9. The number of thiazole rings is 1. The molecule has 7 heteroatoms. The summed E-state index contributed by atoms with van der Waals surface area (Å²) in [6.45, 7) is 3.58. The molecule has 6 nitrogen and oxygen atoms in total. The fraction of sp³-hybridized carbons (Fsp3) is 0.500. The molecule has 2 bridgehead atoms. The lowest BCUT2D eigenvalue weighted by atomic mass is 9.85. The van der Waals surface area contributed by atoms with Gasteiger partial charge in [-0.1, -0.05) is 12.2 Å². The Morgan fingerprint density at radius 2 is 1.87 bits per heavy atom. The quantitative estimate of drug-likeness (QED) is 0.672. The van der Waals surface area contributed by atoms with Gasteiger partial charge < -0.3 is 5.32 Å². The first-order chi connectivity index (χ1) is 11.0. The fourth-order valence-electron chi connectivity index (χ4n) is 3.95. The second kappa shape index (κ2) is 4.99. The molecule has 4 rings (SSSR count). The number of likely N-dealkylation sites (tertiary alicyclic amines) is 1. The summed E-state index contributed by atoms with van der Waals surface area (Å²) in [6, 6.07) is 0. The summed E-state index contributed by atoms with van der Waals surface area (Å²) in [5, 5.41) is 3.19. The predicted octanol–water partition coefficient (Wildman–Crippen LogP) is 1.51. The van der Waals surface area contributed by atoms with E-state index in [-0.39, 0.29) is 47.9 Å². The van der Waals surface area contributed by atoms with Gasteiger partial charge in [0.05, 0.1) is 17.5 Å². The van der Waals surface area contributed by atoms with Crippen LogP contribution in [0.15, 0.2) is 12.2 Å². The number of fused-ring (bicyclic) bond motifs is 5. The minimum absolute atomic E-state index is 0.166. The number of hydrogen-bond acceptors (Lipinski definition) is 5. The average Bonchev–Trinajstić information content (AvgIpc) is 3.22. The van der Waals surface area contributed by atoms with Gasteiger partial charge in [0.1, 0.15) is 6.54 Å². The lowest BCUT2D eigenvalue weighted by molar-refractivity contribution is -0.143. The number of aromatic nitrogens is 1. The third kappa shape index (κ3) is 2.14. The van der Waals surface area contributed by atoms with E-state index >= 15 is 0 Å². The number of carbonyl (C=O) groups excluding carboxylic acids is 3. The summed E-state index contributed by atoms with van der Waals surface area (Å²) in [5.41, 5.74) is 0.871. The zero-order valence-corrected chi connectivity index (χ0v) is 13.7. The Morgan fingerprint density at radius 3 is 2.39 bits per heavy atom. The molecule has 0 unspecified atom stereocenters. The summed E-state index contributed by atoms with van der Waals surface area (Å²) in [4.78, 5) is 43.6. The van der Waals surface area contributed by atoms with Crippen LogP contribution in [0.3, 0.4) is 0 Å². The van der Waals surface area contributed by atoms with Gasteiger partial charge in [0.25, 0.3) is 0 Å². The smallest absolute Gasteiger partial charge is 0.246 e. The van der Waals surface area contributed by atoms with E-state index in [1.54, 1.807) is 0 Å². The molecule has 2 aliphatic carbocycles. The van der Waals surface area contributed by atoms with Crippen LogP contribution in [0.2, 0.25) is 0 Å². The molecular formula is C16H17N3O3S. The number of amides is 3. The van der Waals surface area contributed by atoms with Gasteiger partial charge in [-0.2, -0.15) is 0 Å². The van der Waals surface area contributed by atoms with Crippen molar-refractivity contribution in [2.75, 3.05) is 11.9 Å². The van der Waals surface area contributed by atoms with Crippen molar-refractivity contribution in [2.45, 2.75) is 20.3 Å². The van der Waals surface area contributed by atoms with Crippen LogP contribution in [0.5, 0.6) is 0 Å². The molecule has 1 aromatic heterocycles. The second-order valence-corrected chi connectivity index (χ2v) is 7.67. The van der Waals surface area contributed by atoms with Gasteiger partial charge in [-0.3, -0.25) is 19.3 Å². The molecule has 3 amide bonds. The van der Waals surface area contributed by atoms with Crippen LogP contribution in [0.1, 0.15) is 17.0 Å². The lowest BCUT2D eigenvalue weighted by Gasteiger charge is -2.16. The van der Waals surface area contributed by atoms with Crippen LogP contribution >= 0.6 is 11.3 Å². The number of allylic oxidation sites excluding steroid dienone is 2. The fourth-order valence-corrected chi connectivity index (χ4v) is 4.78. The maximum atomic E-state index is 12.5. The topological polar surface area (TPSA) is 79.4 Å². The van der Waals surface area contributed by atoms with Gasteiger partial charge in [-0.25, -0.2) is 4.98 Å². The van der Waals surface area contributed by atoms with Crippen molar-refractivity contribution in [1.29, 1.82) is 0 Å². The van der Waals surface area contributed by atoms with Crippen LogP contribution < -0.4 is 5.32 Å². The monoisotopic (exact) mass is 331 g/mol. The lowest BCUT2D eigenvalue weighted by Crippen LogP contribution is -2.39. The molecule has 3 aliphatic rings.